The largest absolute Gasteiger partial charge is 0.416 e. The van der Waals surface area contributed by atoms with Crippen LogP contribution in [0.5, 0.6) is 0 Å². The molecule has 5 nitrogen and oxygen atoms in total. The standard InChI is InChI=1S/C25H24F4N4OS/c1-15-30-22(23(35-15)16-5-7-18(26)8-6-16)24(34)33-10-3-2-4-20(33)13-19-14-32-11-9-17(25(27,28)29)12-21(32)31-19/h5-9,11-12,14,20,22-23H,2-4,10,13H2,1H3/t20-,22?,23?/m0/s1. The summed E-state index contributed by atoms with van der Waals surface area (Å²) in [6, 6.07) is 7.53. The van der Waals surface area contributed by atoms with Gasteiger partial charge in [0.15, 0.2) is 0 Å². The molecule has 4 heterocycles. The van der Waals surface area contributed by atoms with E-state index in [1.165, 1.54) is 30.1 Å². The van der Waals surface area contributed by atoms with Crippen LogP contribution in [0.4, 0.5) is 17.6 Å². The first-order valence-electron chi connectivity index (χ1n) is 11.5. The molecule has 1 aromatic carbocycles. The molecule has 0 radical (unpaired) electrons. The number of rotatable bonds is 4. The molecule has 0 saturated carbocycles. The molecule has 35 heavy (non-hydrogen) atoms. The first-order valence-corrected chi connectivity index (χ1v) is 12.4. The highest BCUT2D eigenvalue weighted by Gasteiger charge is 2.40. The highest BCUT2D eigenvalue weighted by Crippen LogP contribution is 2.41. The summed E-state index contributed by atoms with van der Waals surface area (Å²) < 4.78 is 54.2. The quantitative estimate of drug-likeness (QED) is 0.429. The summed E-state index contributed by atoms with van der Waals surface area (Å²) in [7, 11) is 0. The number of nitrogens with zero attached hydrogens (tertiary/aromatic N) is 4. The Labute approximate surface area is 204 Å². The van der Waals surface area contributed by atoms with Gasteiger partial charge in [-0.2, -0.15) is 13.2 Å². The van der Waals surface area contributed by atoms with E-state index in [1.807, 2.05) is 11.8 Å². The molecule has 0 N–H and O–H groups in total. The molecule has 2 unspecified atom stereocenters. The number of likely N-dealkylation sites (tertiary alicyclic amines) is 1. The van der Waals surface area contributed by atoms with Gasteiger partial charge in [-0.25, -0.2) is 9.37 Å². The maximum Gasteiger partial charge on any atom is 0.416 e. The lowest BCUT2D eigenvalue weighted by molar-refractivity contribution is -0.138. The van der Waals surface area contributed by atoms with Crippen molar-refractivity contribution in [2.75, 3.05) is 6.54 Å². The molecule has 3 atom stereocenters. The van der Waals surface area contributed by atoms with Gasteiger partial charge in [0.25, 0.3) is 0 Å². The number of carbonyl (C=O) groups excluding carboxylic acids is 1. The summed E-state index contributed by atoms with van der Waals surface area (Å²) in [5.74, 6) is -0.403. The number of halogens is 4. The van der Waals surface area contributed by atoms with Crippen LogP contribution in [0.1, 0.15) is 48.3 Å². The van der Waals surface area contributed by atoms with Crippen LogP contribution in [0.25, 0.3) is 5.65 Å². The van der Waals surface area contributed by atoms with Gasteiger partial charge >= 0.3 is 6.18 Å². The zero-order chi connectivity index (χ0) is 24.7. The number of imidazole rings is 1. The topological polar surface area (TPSA) is 50.0 Å². The number of piperidine rings is 1. The van der Waals surface area contributed by atoms with Crippen molar-refractivity contribution in [3.8, 4) is 0 Å². The monoisotopic (exact) mass is 504 g/mol. The Balaban J connectivity index is 1.37. The van der Waals surface area contributed by atoms with E-state index in [9.17, 15) is 22.4 Å². The molecule has 2 aliphatic rings. The Kier molecular flexibility index (Phi) is 6.33. The molecule has 0 aliphatic carbocycles. The van der Waals surface area contributed by atoms with Crippen LogP contribution in [-0.4, -0.2) is 43.9 Å². The summed E-state index contributed by atoms with van der Waals surface area (Å²) in [4.78, 5) is 24.6. The smallest absolute Gasteiger partial charge is 0.337 e. The molecule has 5 rings (SSSR count). The number of amides is 1. The summed E-state index contributed by atoms with van der Waals surface area (Å²) in [5, 5.41) is 0.591. The van der Waals surface area contributed by atoms with E-state index in [2.05, 4.69) is 9.98 Å². The van der Waals surface area contributed by atoms with Crippen molar-refractivity contribution in [3.05, 3.63) is 71.4 Å². The number of aliphatic imine (C=N–C) groups is 1. The maximum absolute atomic E-state index is 13.7. The Bertz CT molecular complexity index is 1270. The average molecular weight is 505 g/mol. The number of carbonyl (C=O) groups is 1. The molecule has 10 heteroatoms. The number of alkyl halides is 3. The molecule has 3 aromatic rings. The molecular weight excluding hydrogens is 480 g/mol. The van der Waals surface area contributed by atoms with E-state index in [0.717, 1.165) is 42.0 Å². The zero-order valence-electron chi connectivity index (χ0n) is 19.0. The van der Waals surface area contributed by atoms with Crippen molar-refractivity contribution in [3.63, 3.8) is 0 Å². The normalized spacial score (nSPS) is 23.1. The van der Waals surface area contributed by atoms with E-state index in [4.69, 9.17) is 0 Å². The first-order chi connectivity index (χ1) is 16.7. The van der Waals surface area contributed by atoms with Crippen LogP contribution < -0.4 is 0 Å². The summed E-state index contributed by atoms with van der Waals surface area (Å²) >= 11 is 1.51. The number of thioether (sulfide) groups is 1. The summed E-state index contributed by atoms with van der Waals surface area (Å²) in [5.41, 5.74) is 0.983. The molecule has 0 bridgehead atoms. The van der Waals surface area contributed by atoms with Crippen molar-refractivity contribution < 1.29 is 22.4 Å². The van der Waals surface area contributed by atoms with Gasteiger partial charge in [-0.15, -0.1) is 11.8 Å². The third kappa shape index (κ3) is 4.94. The minimum atomic E-state index is -4.43. The number of fused-ring (bicyclic) bond motifs is 1. The fraction of sp³-hybridized carbons (Fsp3) is 0.400. The van der Waals surface area contributed by atoms with Crippen molar-refractivity contribution in [1.82, 2.24) is 14.3 Å². The number of hydrogen-bond acceptors (Lipinski definition) is 4. The first kappa shape index (κ1) is 23.8. The number of benzene rings is 1. The van der Waals surface area contributed by atoms with Crippen LogP contribution >= 0.6 is 11.8 Å². The zero-order valence-corrected chi connectivity index (χ0v) is 19.8. The fourth-order valence-electron chi connectivity index (χ4n) is 4.85. The Hall–Kier alpha value is -2.88. The molecule has 0 spiro atoms. The fourth-order valence-corrected chi connectivity index (χ4v) is 5.99. The predicted octanol–water partition coefficient (Wildman–Crippen LogP) is 5.69. The highest BCUT2D eigenvalue weighted by molar-refractivity contribution is 8.14. The lowest BCUT2D eigenvalue weighted by atomic mass is 9.96. The van der Waals surface area contributed by atoms with Gasteiger partial charge in [-0.05, 0) is 56.0 Å². The molecule has 2 aromatic heterocycles. The molecule has 1 amide bonds. The van der Waals surface area contributed by atoms with Crippen LogP contribution in [0.3, 0.4) is 0 Å². The molecule has 1 saturated heterocycles. The number of aromatic nitrogens is 2. The second-order valence-electron chi connectivity index (χ2n) is 8.98. The van der Waals surface area contributed by atoms with E-state index in [0.29, 0.717) is 18.7 Å². The van der Waals surface area contributed by atoms with Gasteiger partial charge in [-0.3, -0.25) is 9.79 Å². The minimum absolute atomic E-state index is 0.0727. The summed E-state index contributed by atoms with van der Waals surface area (Å²) in [6.45, 7) is 2.47. The maximum atomic E-state index is 13.7. The third-order valence-corrected chi connectivity index (χ3v) is 7.78. The number of pyridine rings is 1. The third-order valence-electron chi connectivity index (χ3n) is 6.55. The van der Waals surface area contributed by atoms with E-state index >= 15 is 0 Å². The van der Waals surface area contributed by atoms with Gasteiger partial charge in [0, 0.05) is 31.4 Å². The second-order valence-corrected chi connectivity index (χ2v) is 10.3. The molecule has 184 valence electrons. The Morgan fingerprint density at radius 1 is 1.17 bits per heavy atom. The van der Waals surface area contributed by atoms with E-state index in [1.54, 1.807) is 22.7 Å². The lowest BCUT2D eigenvalue weighted by Crippen LogP contribution is -2.49. The van der Waals surface area contributed by atoms with E-state index < -0.39 is 17.8 Å². The Morgan fingerprint density at radius 2 is 1.94 bits per heavy atom. The van der Waals surface area contributed by atoms with Crippen LogP contribution in [-0.2, 0) is 17.4 Å². The van der Waals surface area contributed by atoms with Gasteiger partial charge in [0.05, 0.1) is 21.6 Å². The van der Waals surface area contributed by atoms with Gasteiger partial charge in [-0.1, -0.05) is 12.1 Å². The van der Waals surface area contributed by atoms with Gasteiger partial charge in [0.1, 0.15) is 17.5 Å². The van der Waals surface area contributed by atoms with Crippen molar-refractivity contribution >= 4 is 28.4 Å². The molecular formula is C25H24F4N4OS. The van der Waals surface area contributed by atoms with Crippen LogP contribution in [0.15, 0.2) is 53.8 Å². The van der Waals surface area contributed by atoms with Crippen molar-refractivity contribution in [1.29, 1.82) is 0 Å². The van der Waals surface area contributed by atoms with Crippen LogP contribution in [0.2, 0.25) is 0 Å². The SMILES string of the molecule is CC1=NC(C(=O)N2CCCC[C@H]2Cc2cn3ccc(C(F)(F)F)cc3n2)C(c2ccc(F)cc2)S1. The summed E-state index contributed by atoms with van der Waals surface area (Å²) in [6.07, 6.45) is 1.74. The minimum Gasteiger partial charge on any atom is -0.337 e. The van der Waals surface area contributed by atoms with E-state index in [-0.39, 0.29) is 28.7 Å². The predicted molar refractivity (Wildman–Crippen MR) is 127 cm³/mol. The molecule has 1 fully saturated rings. The average Bonchev–Trinajstić information content (AvgIpc) is 3.41. The molecule has 2 aliphatic heterocycles. The lowest BCUT2D eigenvalue weighted by Gasteiger charge is -2.37. The van der Waals surface area contributed by atoms with Gasteiger partial charge < -0.3 is 9.30 Å². The van der Waals surface area contributed by atoms with Crippen LogP contribution in [0, 0.1) is 5.82 Å². The second kappa shape index (κ2) is 9.29. The number of hydrogen-bond donors (Lipinski definition) is 0. The van der Waals surface area contributed by atoms with Crippen molar-refractivity contribution in [2.24, 2.45) is 4.99 Å². The van der Waals surface area contributed by atoms with Crippen molar-refractivity contribution in [2.45, 2.75) is 56.1 Å². The Morgan fingerprint density at radius 3 is 2.69 bits per heavy atom. The van der Waals surface area contributed by atoms with Gasteiger partial charge in [0.2, 0.25) is 5.91 Å². The highest BCUT2D eigenvalue weighted by atomic mass is 32.2.